The van der Waals surface area contributed by atoms with Crippen LogP contribution >= 0.6 is 27.7 Å². The number of carboxylic acids is 1. The van der Waals surface area contributed by atoms with Gasteiger partial charge in [-0.15, -0.1) is 11.8 Å². The third-order valence-electron chi connectivity index (χ3n) is 3.27. The summed E-state index contributed by atoms with van der Waals surface area (Å²) in [4.78, 5) is 25.7. The molecule has 20 heavy (non-hydrogen) atoms. The van der Waals surface area contributed by atoms with Crippen molar-refractivity contribution < 1.29 is 14.7 Å². The molecule has 0 aromatic heterocycles. The summed E-state index contributed by atoms with van der Waals surface area (Å²) in [7, 11) is 0. The molecule has 1 atom stereocenters. The van der Waals surface area contributed by atoms with Crippen LogP contribution in [-0.2, 0) is 9.59 Å². The van der Waals surface area contributed by atoms with E-state index in [-0.39, 0.29) is 18.4 Å². The van der Waals surface area contributed by atoms with Gasteiger partial charge in [0.1, 0.15) is 0 Å². The van der Waals surface area contributed by atoms with Gasteiger partial charge in [-0.25, -0.2) is 0 Å². The Labute approximate surface area is 130 Å². The van der Waals surface area contributed by atoms with Gasteiger partial charge in [0.05, 0.1) is 12.2 Å². The molecule has 1 amide bonds. The normalized spacial score (nSPS) is 18.2. The number of carbonyl (C=O) groups is 2. The van der Waals surface area contributed by atoms with Crippen molar-refractivity contribution in [3.63, 3.8) is 0 Å². The molecular formula is C14H16BrNO3S. The molecule has 1 saturated heterocycles. The molecule has 0 radical (unpaired) electrons. The number of hydrogen-bond acceptors (Lipinski definition) is 3. The van der Waals surface area contributed by atoms with E-state index in [1.807, 2.05) is 24.3 Å². The fourth-order valence-electron chi connectivity index (χ4n) is 2.36. The van der Waals surface area contributed by atoms with Gasteiger partial charge in [-0.3, -0.25) is 9.59 Å². The number of carboxylic acid groups (broad SMARTS) is 1. The van der Waals surface area contributed by atoms with E-state index in [1.54, 1.807) is 4.90 Å². The molecule has 1 heterocycles. The molecule has 0 spiro atoms. The van der Waals surface area contributed by atoms with Crippen LogP contribution in [-0.4, -0.2) is 40.2 Å². The van der Waals surface area contributed by atoms with Gasteiger partial charge >= 0.3 is 5.97 Å². The summed E-state index contributed by atoms with van der Waals surface area (Å²) in [5, 5.41) is 8.86. The highest BCUT2D eigenvalue weighted by Gasteiger charge is 2.29. The van der Waals surface area contributed by atoms with Crippen LogP contribution in [0.1, 0.15) is 19.3 Å². The van der Waals surface area contributed by atoms with Crippen molar-refractivity contribution in [3.8, 4) is 0 Å². The smallest absolute Gasteiger partial charge is 0.305 e. The van der Waals surface area contributed by atoms with E-state index in [4.69, 9.17) is 5.11 Å². The highest BCUT2D eigenvalue weighted by atomic mass is 79.9. The molecular weight excluding hydrogens is 342 g/mol. The summed E-state index contributed by atoms with van der Waals surface area (Å²) in [6.45, 7) is 0.676. The fourth-order valence-corrected chi connectivity index (χ4v) is 3.75. The van der Waals surface area contributed by atoms with Crippen LogP contribution in [0, 0.1) is 0 Å². The van der Waals surface area contributed by atoms with E-state index in [9.17, 15) is 9.59 Å². The monoisotopic (exact) mass is 357 g/mol. The summed E-state index contributed by atoms with van der Waals surface area (Å²) >= 11 is 4.88. The summed E-state index contributed by atoms with van der Waals surface area (Å²) < 4.78 is 0.986. The molecule has 1 N–H and O–H groups in total. The summed E-state index contributed by atoms with van der Waals surface area (Å²) in [6.07, 6.45) is 1.73. The average Bonchev–Trinajstić information content (AvgIpc) is 2.83. The van der Waals surface area contributed by atoms with Crippen molar-refractivity contribution in [3.05, 3.63) is 28.7 Å². The Morgan fingerprint density at radius 2 is 2.25 bits per heavy atom. The van der Waals surface area contributed by atoms with Gasteiger partial charge in [0, 0.05) is 22.0 Å². The Bertz CT molecular complexity index is 509. The highest BCUT2D eigenvalue weighted by Crippen LogP contribution is 2.25. The second kappa shape index (κ2) is 7.13. The predicted molar refractivity (Wildman–Crippen MR) is 81.9 cm³/mol. The number of halogens is 1. The third-order valence-corrected chi connectivity index (χ3v) is 4.74. The molecule has 0 saturated carbocycles. The van der Waals surface area contributed by atoms with Gasteiger partial charge in [-0.2, -0.15) is 0 Å². The lowest BCUT2D eigenvalue weighted by atomic mass is 10.1. The van der Waals surface area contributed by atoms with Crippen LogP contribution in [0.2, 0.25) is 0 Å². The minimum Gasteiger partial charge on any atom is -0.481 e. The minimum absolute atomic E-state index is 0.0266. The SMILES string of the molecule is O=C(O)CC1CCCN1C(=O)CSc1cccc(Br)c1. The van der Waals surface area contributed by atoms with Gasteiger partial charge in [0.2, 0.25) is 5.91 Å². The zero-order valence-corrected chi connectivity index (χ0v) is 13.3. The van der Waals surface area contributed by atoms with Crippen LogP contribution in [0.5, 0.6) is 0 Å². The Morgan fingerprint density at radius 1 is 1.45 bits per heavy atom. The average molecular weight is 358 g/mol. The van der Waals surface area contributed by atoms with Gasteiger partial charge in [0.15, 0.2) is 0 Å². The van der Waals surface area contributed by atoms with Crippen LogP contribution in [0.4, 0.5) is 0 Å². The van der Waals surface area contributed by atoms with E-state index in [0.717, 1.165) is 22.2 Å². The summed E-state index contributed by atoms with van der Waals surface area (Å²) in [5.41, 5.74) is 0. The first-order valence-electron chi connectivity index (χ1n) is 6.46. The molecule has 1 fully saturated rings. The van der Waals surface area contributed by atoms with Crippen LogP contribution < -0.4 is 0 Å². The van der Waals surface area contributed by atoms with Crippen LogP contribution in [0.25, 0.3) is 0 Å². The Morgan fingerprint density at radius 3 is 2.95 bits per heavy atom. The van der Waals surface area contributed by atoms with E-state index in [1.165, 1.54) is 11.8 Å². The van der Waals surface area contributed by atoms with Gasteiger partial charge < -0.3 is 10.0 Å². The van der Waals surface area contributed by atoms with Crippen molar-refractivity contribution >= 4 is 39.6 Å². The molecule has 1 aliphatic heterocycles. The van der Waals surface area contributed by atoms with Crippen molar-refractivity contribution in [2.24, 2.45) is 0 Å². The molecule has 0 bridgehead atoms. The lowest BCUT2D eigenvalue weighted by molar-refractivity contribution is -0.139. The second-order valence-corrected chi connectivity index (χ2v) is 6.69. The van der Waals surface area contributed by atoms with Gasteiger partial charge in [0.25, 0.3) is 0 Å². The number of hydrogen-bond donors (Lipinski definition) is 1. The predicted octanol–water partition coefficient (Wildman–Crippen LogP) is 3.01. The fraction of sp³-hybridized carbons (Fsp3) is 0.429. The van der Waals surface area contributed by atoms with Gasteiger partial charge in [-0.1, -0.05) is 22.0 Å². The zero-order chi connectivity index (χ0) is 14.5. The van der Waals surface area contributed by atoms with Crippen LogP contribution in [0.15, 0.2) is 33.6 Å². The van der Waals surface area contributed by atoms with Gasteiger partial charge in [-0.05, 0) is 31.0 Å². The van der Waals surface area contributed by atoms with E-state index in [2.05, 4.69) is 15.9 Å². The third kappa shape index (κ3) is 4.24. The van der Waals surface area contributed by atoms with Crippen molar-refractivity contribution in [2.75, 3.05) is 12.3 Å². The van der Waals surface area contributed by atoms with Crippen molar-refractivity contribution in [1.29, 1.82) is 0 Å². The number of aliphatic carboxylic acids is 1. The lowest BCUT2D eigenvalue weighted by Gasteiger charge is -2.23. The molecule has 1 aromatic carbocycles. The number of amides is 1. The molecule has 108 valence electrons. The number of benzene rings is 1. The first-order chi connectivity index (χ1) is 9.56. The maximum absolute atomic E-state index is 12.2. The first-order valence-corrected chi connectivity index (χ1v) is 8.24. The number of thioether (sulfide) groups is 1. The number of carbonyl (C=O) groups excluding carboxylic acids is 1. The molecule has 6 heteroatoms. The molecule has 1 unspecified atom stereocenters. The van der Waals surface area contributed by atoms with E-state index < -0.39 is 5.97 Å². The topological polar surface area (TPSA) is 57.6 Å². The zero-order valence-electron chi connectivity index (χ0n) is 10.9. The molecule has 4 nitrogen and oxygen atoms in total. The Hall–Kier alpha value is -1.01. The quantitative estimate of drug-likeness (QED) is 0.823. The molecule has 1 aromatic rings. The second-order valence-electron chi connectivity index (χ2n) is 4.73. The summed E-state index contributed by atoms with van der Waals surface area (Å²) in [6, 6.07) is 7.66. The van der Waals surface area contributed by atoms with Crippen molar-refractivity contribution in [1.82, 2.24) is 4.90 Å². The first kappa shape index (κ1) is 15.4. The lowest BCUT2D eigenvalue weighted by Crippen LogP contribution is -2.37. The van der Waals surface area contributed by atoms with E-state index >= 15 is 0 Å². The number of likely N-dealkylation sites (tertiary alicyclic amines) is 1. The standard InChI is InChI=1S/C14H16BrNO3S/c15-10-3-1-5-12(7-10)20-9-13(17)16-6-2-4-11(16)8-14(18)19/h1,3,5,7,11H,2,4,6,8-9H2,(H,18,19). The van der Waals surface area contributed by atoms with Crippen LogP contribution in [0.3, 0.4) is 0 Å². The van der Waals surface area contributed by atoms with E-state index in [0.29, 0.717) is 12.3 Å². The molecule has 2 rings (SSSR count). The maximum Gasteiger partial charge on any atom is 0.305 e. The molecule has 1 aliphatic rings. The molecule has 0 aliphatic carbocycles. The Kier molecular flexibility index (Phi) is 5.48. The minimum atomic E-state index is -0.839. The summed E-state index contributed by atoms with van der Waals surface area (Å²) in [5.74, 6) is -0.458. The van der Waals surface area contributed by atoms with Crippen molar-refractivity contribution in [2.45, 2.75) is 30.2 Å². The maximum atomic E-state index is 12.2. The Balaban J connectivity index is 1.89. The number of rotatable bonds is 5. The largest absolute Gasteiger partial charge is 0.481 e. The number of nitrogens with zero attached hydrogens (tertiary/aromatic N) is 1. The highest BCUT2D eigenvalue weighted by molar-refractivity contribution is 9.10.